The van der Waals surface area contributed by atoms with Crippen LogP contribution in [-0.4, -0.2) is 16.6 Å². The lowest BCUT2D eigenvalue weighted by molar-refractivity contribution is 0.102. The van der Waals surface area contributed by atoms with Crippen LogP contribution >= 0.6 is 27.7 Å². The average Bonchev–Trinajstić information content (AvgIpc) is 2.38. The monoisotopic (exact) mass is 322 g/mol. The molecule has 0 fully saturated rings. The smallest absolute Gasteiger partial charge is 0.173 e. The molecular weight excluding hydrogens is 312 g/mol. The fraction of sp³-hybridized carbons (Fsp3) is 0.0714. The van der Waals surface area contributed by atoms with Gasteiger partial charge in [-0.05, 0) is 48.5 Å². The summed E-state index contributed by atoms with van der Waals surface area (Å²) in [5.74, 6) is 0.627. The Labute approximate surface area is 118 Å². The maximum atomic E-state index is 11.9. The first-order valence-corrected chi connectivity index (χ1v) is 7.13. The Balaban J connectivity index is 1.96. The van der Waals surface area contributed by atoms with Crippen molar-refractivity contribution in [1.82, 2.24) is 0 Å². The van der Waals surface area contributed by atoms with Crippen molar-refractivity contribution in [2.24, 2.45) is 0 Å². The molecule has 2 aromatic rings. The van der Waals surface area contributed by atoms with Gasteiger partial charge in [0.05, 0.1) is 5.75 Å². The summed E-state index contributed by atoms with van der Waals surface area (Å²) in [6, 6.07) is 14.2. The van der Waals surface area contributed by atoms with Crippen molar-refractivity contribution in [1.29, 1.82) is 0 Å². The largest absolute Gasteiger partial charge is 0.508 e. The van der Waals surface area contributed by atoms with E-state index in [1.807, 2.05) is 24.3 Å². The first-order valence-electron chi connectivity index (χ1n) is 5.36. The zero-order valence-corrected chi connectivity index (χ0v) is 11.9. The minimum atomic E-state index is 0.0583. The van der Waals surface area contributed by atoms with Crippen LogP contribution in [0.4, 0.5) is 0 Å². The lowest BCUT2D eigenvalue weighted by Crippen LogP contribution is -2.01. The molecule has 92 valence electrons. The molecule has 0 spiro atoms. The van der Waals surface area contributed by atoms with E-state index >= 15 is 0 Å². The Morgan fingerprint density at radius 1 is 1.06 bits per heavy atom. The van der Waals surface area contributed by atoms with Gasteiger partial charge in [-0.1, -0.05) is 15.9 Å². The van der Waals surface area contributed by atoms with Crippen LogP contribution in [0.25, 0.3) is 0 Å². The number of aromatic hydroxyl groups is 1. The highest BCUT2D eigenvalue weighted by Crippen LogP contribution is 2.22. The number of Topliss-reactive ketones (excluding diaryl/α,β-unsaturated/α-hetero) is 1. The number of phenolic OH excluding ortho intramolecular Hbond substituents is 1. The summed E-state index contributed by atoms with van der Waals surface area (Å²) in [7, 11) is 0. The van der Waals surface area contributed by atoms with Crippen LogP contribution < -0.4 is 0 Å². The van der Waals surface area contributed by atoms with Gasteiger partial charge < -0.3 is 5.11 Å². The average molecular weight is 323 g/mol. The fourth-order valence-electron chi connectivity index (χ4n) is 1.41. The van der Waals surface area contributed by atoms with Crippen molar-refractivity contribution >= 4 is 33.5 Å². The molecule has 0 radical (unpaired) electrons. The van der Waals surface area contributed by atoms with Gasteiger partial charge >= 0.3 is 0 Å². The third kappa shape index (κ3) is 3.62. The van der Waals surface area contributed by atoms with Gasteiger partial charge in [0.15, 0.2) is 5.78 Å². The third-order valence-electron chi connectivity index (χ3n) is 2.37. The predicted molar refractivity (Wildman–Crippen MR) is 77.3 cm³/mol. The first kappa shape index (κ1) is 13.2. The molecule has 0 heterocycles. The predicted octanol–water partition coefficient (Wildman–Crippen LogP) is 4.13. The summed E-state index contributed by atoms with van der Waals surface area (Å²) in [6.07, 6.45) is 0. The summed E-state index contributed by atoms with van der Waals surface area (Å²) in [5.41, 5.74) is 0.623. The topological polar surface area (TPSA) is 37.3 Å². The summed E-state index contributed by atoms with van der Waals surface area (Å²) in [5, 5.41) is 9.15. The zero-order chi connectivity index (χ0) is 13.0. The lowest BCUT2D eigenvalue weighted by Gasteiger charge is -2.02. The van der Waals surface area contributed by atoms with Gasteiger partial charge in [-0.25, -0.2) is 0 Å². The number of hydrogen-bond acceptors (Lipinski definition) is 3. The van der Waals surface area contributed by atoms with E-state index in [-0.39, 0.29) is 11.5 Å². The lowest BCUT2D eigenvalue weighted by atomic mass is 10.1. The van der Waals surface area contributed by atoms with Gasteiger partial charge in [0, 0.05) is 14.9 Å². The minimum Gasteiger partial charge on any atom is -0.508 e. The van der Waals surface area contributed by atoms with Gasteiger partial charge in [-0.3, -0.25) is 4.79 Å². The number of hydrogen-bond donors (Lipinski definition) is 1. The molecule has 2 aromatic carbocycles. The maximum absolute atomic E-state index is 11.9. The number of carbonyl (C=O) groups is 1. The zero-order valence-electron chi connectivity index (χ0n) is 9.47. The van der Waals surface area contributed by atoms with E-state index in [0.29, 0.717) is 11.3 Å². The molecule has 0 aromatic heterocycles. The van der Waals surface area contributed by atoms with E-state index in [0.717, 1.165) is 9.37 Å². The molecule has 1 N–H and O–H groups in total. The molecule has 4 heteroatoms. The van der Waals surface area contributed by atoms with Gasteiger partial charge in [-0.2, -0.15) is 0 Å². The quantitative estimate of drug-likeness (QED) is 0.679. The molecule has 18 heavy (non-hydrogen) atoms. The Morgan fingerprint density at radius 3 is 2.28 bits per heavy atom. The van der Waals surface area contributed by atoms with Gasteiger partial charge in [0.1, 0.15) is 5.75 Å². The Kier molecular flexibility index (Phi) is 4.44. The molecule has 0 aliphatic carbocycles. The van der Waals surface area contributed by atoms with Crippen molar-refractivity contribution in [3.8, 4) is 5.75 Å². The van der Waals surface area contributed by atoms with Crippen molar-refractivity contribution in [3.05, 3.63) is 58.6 Å². The van der Waals surface area contributed by atoms with E-state index in [9.17, 15) is 4.79 Å². The molecule has 0 aliphatic heterocycles. The van der Waals surface area contributed by atoms with Crippen molar-refractivity contribution < 1.29 is 9.90 Å². The molecule has 0 atom stereocenters. The number of ketones is 1. The summed E-state index contributed by atoms with van der Waals surface area (Å²) in [4.78, 5) is 12.9. The second-order valence-electron chi connectivity index (χ2n) is 3.71. The summed E-state index contributed by atoms with van der Waals surface area (Å²) in [6.45, 7) is 0. The fourth-order valence-corrected chi connectivity index (χ4v) is 2.47. The third-order valence-corrected chi connectivity index (χ3v) is 3.91. The van der Waals surface area contributed by atoms with Gasteiger partial charge in [0.25, 0.3) is 0 Å². The number of phenols is 1. The van der Waals surface area contributed by atoms with E-state index in [4.69, 9.17) is 5.11 Å². The van der Waals surface area contributed by atoms with E-state index in [1.54, 1.807) is 12.1 Å². The highest BCUT2D eigenvalue weighted by molar-refractivity contribution is 9.10. The van der Waals surface area contributed by atoms with Crippen LogP contribution in [0.1, 0.15) is 10.4 Å². The maximum Gasteiger partial charge on any atom is 0.173 e. The van der Waals surface area contributed by atoms with E-state index in [2.05, 4.69) is 15.9 Å². The van der Waals surface area contributed by atoms with Crippen LogP contribution in [0.3, 0.4) is 0 Å². The number of benzene rings is 2. The Hall–Kier alpha value is -1.26. The molecular formula is C14H11BrO2S. The van der Waals surface area contributed by atoms with E-state index in [1.165, 1.54) is 23.9 Å². The molecule has 0 saturated carbocycles. The first-order chi connectivity index (χ1) is 8.65. The Bertz CT molecular complexity index is 535. The van der Waals surface area contributed by atoms with Crippen LogP contribution in [-0.2, 0) is 0 Å². The molecule has 2 rings (SSSR count). The van der Waals surface area contributed by atoms with E-state index < -0.39 is 0 Å². The standard InChI is InChI=1S/C14H11BrO2S/c15-11-3-7-13(8-4-11)18-9-14(17)10-1-5-12(16)6-2-10/h1-8,16H,9H2. The second-order valence-corrected chi connectivity index (χ2v) is 5.68. The van der Waals surface area contributed by atoms with Crippen molar-refractivity contribution in [2.75, 3.05) is 5.75 Å². The SMILES string of the molecule is O=C(CSc1ccc(Br)cc1)c1ccc(O)cc1. The Morgan fingerprint density at radius 2 is 1.67 bits per heavy atom. The minimum absolute atomic E-state index is 0.0583. The number of carbonyl (C=O) groups excluding carboxylic acids is 1. The second kappa shape index (κ2) is 6.07. The molecule has 0 unspecified atom stereocenters. The highest BCUT2D eigenvalue weighted by atomic mass is 79.9. The summed E-state index contributed by atoms with van der Waals surface area (Å²) >= 11 is 4.87. The van der Waals surface area contributed by atoms with Crippen molar-refractivity contribution in [3.63, 3.8) is 0 Å². The van der Waals surface area contributed by atoms with Gasteiger partial charge in [0.2, 0.25) is 0 Å². The van der Waals surface area contributed by atoms with Crippen LogP contribution in [0, 0.1) is 0 Å². The van der Waals surface area contributed by atoms with Crippen LogP contribution in [0.5, 0.6) is 5.75 Å². The normalized spacial score (nSPS) is 10.3. The molecule has 2 nitrogen and oxygen atoms in total. The van der Waals surface area contributed by atoms with Gasteiger partial charge in [-0.15, -0.1) is 11.8 Å². The number of halogens is 1. The van der Waals surface area contributed by atoms with Crippen molar-refractivity contribution in [2.45, 2.75) is 4.90 Å². The molecule has 0 bridgehead atoms. The molecule has 0 aliphatic rings. The molecule has 0 amide bonds. The highest BCUT2D eigenvalue weighted by Gasteiger charge is 2.06. The number of rotatable bonds is 4. The van der Waals surface area contributed by atoms with Crippen LogP contribution in [0.15, 0.2) is 57.9 Å². The number of thioether (sulfide) groups is 1. The summed E-state index contributed by atoms with van der Waals surface area (Å²) < 4.78 is 1.02. The van der Waals surface area contributed by atoms with Crippen LogP contribution in [0.2, 0.25) is 0 Å². The molecule has 0 saturated heterocycles.